The van der Waals surface area contributed by atoms with Gasteiger partial charge in [0.15, 0.2) is 0 Å². The highest BCUT2D eigenvalue weighted by atomic mass is 16.2. The third-order valence-electron chi connectivity index (χ3n) is 3.93. The molecule has 19 heavy (non-hydrogen) atoms. The summed E-state index contributed by atoms with van der Waals surface area (Å²) in [6.45, 7) is 2.66. The molecular weight excluding hydrogens is 244 g/mol. The van der Waals surface area contributed by atoms with Gasteiger partial charge in [0.1, 0.15) is 0 Å². The normalized spacial score (nSPS) is 19.9. The molecule has 1 unspecified atom stereocenters. The molecule has 1 atom stereocenters. The first-order valence-electron chi connectivity index (χ1n) is 6.67. The van der Waals surface area contributed by atoms with Crippen LogP contribution in [0.2, 0.25) is 0 Å². The molecule has 0 amide bonds. The molecule has 1 aliphatic heterocycles. The quantitative estimate of drug-likeness (QED) is 0.783. The highest BCUT2D eigenvalue weighted by Crippen LogP contribution is 2.10. The number of piperidine rings is 1. The lowest BCUT2D eigenvalue weighted by Crippen LogP contribution is -2.45. The Bertz CT molecular complexity index is 555. The van der Waals surface area contributed by atoms with Crippen molar-refractivity contribution in [2.75, 3.05) is 20.1 Å². The third kappa shape index (κ3) is 2.96. The molecule has 1 saturated heterocycles. The summed E-state index contributed by atoms with van der Waals surface area (Å²) >= 11 is 0. The average molecular weight is 266 g/mol. The van der Waals surface area contributed by atoms with Crippen molar-refractivity contribution < 1.29 is 0 Å². The van der Waals surface area contributed by atoms with E-state index in [0.29, 0.717) is 12.6 Å². The average Bonchev–Trinajstić information content (AvgIpc) is 2.43. The first-order chi connectivity index (χ1) is 9.00. The molecule has 1 aromatic rings. The van der Waals surface area contributed by atoms with E-state index in [2.05, 4.69) is 10.2 Å². The monoisotopic (exact) mass is 266 g/mol. The summed E-state index contributed by atoms with van der Waals surface area (Å²) in [7, 11) is 5.26. The molecule has 1 aliphatic rings. The maximum absolute atomic E-state index is 11.9. The van der Waals surface area contributed by atoms with Crippen molar-refractivity contribution in [1.29, 1.82) is 0 Å². The Hall–Kier alpha value is -1.40. The minimum atomic E-state index is -0.266. The number of rotatable bonds is 3. The number of likely N-dealkylation sites (N-methyl/N-ethyl adjacent to an activating group) is 1. The number of nitrogens with zero attached hydrogens (tertiary/aromatic N) is 3. The van der Waals surface area contributed by atoms with Crippen LogP contribution in [0.15, 0.2) is 15.7 Å². The molecule has 0 radical (unpaired) electrons. The summed E-state index contributed by atoms with van der Waals surface area (Å²) in [6.07, 6.45) is 2.33. The Kier molecular flexibility index (Phi) is 4.21. The van der Waals surface area contributed by atoms with Crippen LogP contribution in [0.5, 0.6) is 0 Å². The van der Waals surface area contributed by atoms with E-state index in [1.807, 2.05) is 7.05 Å². The molecule has 1 N–H and O–H groups in total. The van der Waals surface area contributed by atoms with Crippen LogP contribution in [0.1, 0.15) is 18.5 Å². The van der Waals surface area contributed by atoms with Crippen molar-refractivity contribution in [1.82, 2.24) is 19.4 Å². The second-order valence-corrected chi connectivity index (χ2v) is 5.29. The third-order valence-corrected chi connectivity index (χ3v) is 3.93. The minimum absolute atomic E-state index is 0.242. The first-order valence-corrected chi connectivity index (χ1v) is 6.67. The van der Waals surface area contributed by atoms with Crippen molar-refractivity contribution in [2.24, 2.45) is 14.1 Å². The molecule has 0 saturated carbocycles. The first kappa shape index (κ1) is 14.0. The Balaban J connectivity index is 2.19. The number of hydrogen-bond donors (Lipinski definition) is 1. The van der Waals surface area contributed by atoms with Crippen LogP contribution in [0.4, 0.5) is 0 Å². The highest BCUT2D eigenvalue weighted by molar-refractivity contribution is 5.02. The van der Waals surface area contributed by atoms with E-state index in [1.165, 1.54) is 13.5 Å². The van der Waals surface area contributed by atoms with E-state index in [9.17, 15) is 9.59 Å². The van der Waals surface area contributed by atoms with E-state index in [-0.39, 0.29) is 11.2 Å². The van der Waals surface area contributed by atoms with Crippen molar-refractivity contribution in [2.45, 2.75) is 25.4 Å². The van der Waals surface area contributed by atoms with Gasteiger partial charge in [0.25, 0.3) is 5.56 Å². The molecule has 0 spiro atoms. The number of hydrogen-bond acceptors (Lipinski definition) is 4. The smallest absolute Gasteiger partial charge is 0.315 e. The molecule has 106 valence electrons. The minimum Gasteiger partial charge on any atom is -0.315 e. The summed E-state index contributed by atoms with van der Waals surface area (Å²) in [6, 6.07) is 2.02. The van der Waals surface area contributed by atoms with Gasteiger partial charge in [0, 0.05) is 45.0 Å². The largest absolute Gasteiger partial charge is 0.330 e. The van der Waals surface area contributed by atoms with Gasteiger partial charge < -0.3 is 5.32 Å². The SMILES string of the molecule is CN(Cc1cc(=O)n(C)c(=O)n1C)C1CCCNC1. The van der Waals surface area contributed by atoms with E-state index < -0.39 is 0 Å². The van der Waals surface area contributed by atoms with Crippen LogP contribution >= 0.6 is 0 Å². The Labute approximate surface area is 112 Å². The molecule has 0 aliphatic carbocycles. The molecule has 2 rings (SSSR count). The lowest BCUT2D eigenvalue weighted by atomic mass is 10.1. The van der Waals surface area contributed by atoms with Gasteiger partial charge in [0.05, 0.1) is 0 Å². The van der Waals surface area contributed by atoms with E-state index in [1.54, 1.807) is 17.7 Å². The van der Waals surface area contributed by atoms with Crippen LogP contribution in [-0.4, -0.2) is 40.2 Å². The van der Waals surface area contributed by atoms with Crippen molar-refractivity contribution in [3.05, 3.63) is 32.6 Å². The van der Waals surface area contributed by atoms with E-state index in [4.69, 9.17) is 0 Å². The zero-order valence-corrected chi connectivity index (χ0v) is 11.8. The standard InChI is InChI=1S/C13H22N4O2/c1-15(10-5-4-6-14-8-10)9-11-7-12(18)17(3)13(19)16(11)2/h7,10,14H,4-6,8-9H2,1-3H3. The van der Waals surface area contributed by atoms with Gasteiger partial charge in [-0.2, -0.15) is 0 Å². The number of nitrogens with one attached hydrogen (secondary N) is 1. The van der Waals surface area contributed by atoms with Crippen LogP contribution in [0.25, 0.3) is 0 Å². The van der Waals surface area contributed by atoms with Gasteiger partial charge in [-0.3, -0.25) is 18.8 Å². The highest BCUT2D eigenvalue weighted by Gasteiger charge is 2.19. The van der Waals surface area contributed by atoms with E-state index >= 15 is 0 Å². The van der Waals surface area contributed by atoms with Crippen LogP contribution < -0.4 is 16.6 Å². The molecular formula is C13H22N4O2. The van der Waals surface area contributed by atoms with Gasteiger partial charge in [-0.1, -0.05) is 0 Å². The number of aromatic nitrogens is 2. The maximum atomic E-state index is 11.9. The molecule has 6 nitrogen and oxygen atoms in total. The summed E-state index contributed by atoms with van der Waals surface area (Å²) in [5.41, 5.74) is 0.257. The molecule has 1 fully saturated rings. The molecule has 1 aromatic heterocycles. The fourth-order valence-electron chi connectivity index (χ4n) is 2.52. The topological polar surface area (TPSA) is 59.3 Å². The van der Waals surface area contributed by atoms with Crippen LogP contribution in [0, 0.1) is 0 Å². The summed E-state index contributed by atoms with van der Waals surface area (Å²) < 4.78 is 2.68. The van der Waals surface area contributed by atoms with E-state index in [0.717, 1.165) is 29.8 Å². The van der Waals surface area contributed by atoms with Gasteiger partial charge in [-0.25, -0.2) is 4.79 Å². The van der Waals surface area contributed by atoms with Crippen molar-refractivity contribution in [3.63, 3.8) is 0 Å². The Morgan fingerprint density at radius 2 is 2.11 bits per heavy atom. The maximum Gasteiger partial charge on any atom is 0.330 e. The van der Waals surface area contributed by atoms with Crippen LogP contribution in [-0.2, 0) is 20.6 Å². The van der Waals surface area contributed by atoms with Gasteiger partial charge in [0.2, 0.25) is 0 Å². The fourth-order valence-corrected chi connectivity index (χ4v) is 2.52. The Morgan fingerprint density at radius 1 is 1.37 bits per heavy atom. The summed E-state index contributed by atoms with van der Waals surface area (Å²) in [4.78, 5) is 25.8. The summed E-state index contributed by atoms with van der Waals surface area (Å²) in [5.74, 6) is 0. The summed E-state index contributed by atoms with van der Waals surface area (Å²) in [5, 5.41) is 3.37. The second kappa shape index (κ2) is 5.71. The molecule has 0 bridgehead atoms. The van der Waals surface area contributed by atoms with Crippen molar-refractivity contribution >= 4 is 0 Å². The lowest BCUT2D eigenvalue weighted by molar-refractivity contribution is 0.191. The zero-order valence-electron chi connectivity index (χ0n) is 11.8. The molecule has 6 heteroatoms. The van der Waals surface area contributed by atoms with Crippen LogP contribution in [0.3, 0.4) is 0 Å². The second-order valence-electron chi connectivity index (χ2n) is 5.29. The molecule has 0 aromatic carbocycles. The Morgan fingerprint density at radius 3 is 2.74 bits per heavy atom. The predicted molar refractivity (Wildman–Crippen MR) is 74.3 cm³/mol. The van der Waals surface area contributed by atoms with Gasteiger partial charge in [-0.15, -0.1) is 0 Å². The van der Waals surface area contributed by atoms with Gasteiger partial charge >= 0.3 is 5.69 Å². The molecule has 2 heterocycles. The predicted octanol–water partition coefficient (Wildman–Crippen LogP) is -0.732. The zero-order chi connectivity index (χ0) is 14.0. The van der Waals surface area contributed by atoms with Gasteiger partial charge in [-0.05, 0) is 26.4 Å². The lowest BCUT2D eigenvalue weighted by Gasteiger charge is -2.31. The fraction of sp³-hybridized carbons (Fsp3) is 0.692. The van der Waals surface area contributed by atoms with Crippen molar-refractivity contribution in [3.8, 4) is 0 Å².